The van der Waals surface area contributed by atoms with E-state index in [2.05, 4.69) is 36.0 Å². The standard InChI is InChI=1S/C9H22N2S2/c1-3-5-11(7-8-12)6-4-10-9-13-2/h10,12H,3-9H2,1-2H3. The van der Waals surface area contributed by atoms with Gasteiger partial charge in [0.15, 0.2) is 0 Å². The number of hydrogen-bond acceptors (Lipinski definition) is 4. The van der Waals surface area contributed by atoms with Gasteiger partial charge in [-0.3, -0.25) is 0 Å². The van der Waals surface area contributed by atoms with Crippen LogP contribution in [0.25, 0.3) is 0 Å². The Balaban J connectivity index is 3.33. The van der Waals surface area contributed by atoms with Crippen molar-refractivity contribution in [1.82, 2.24) is 10.2 Å². The highest BCUT2D eigenvalue weighted by Crippen LogP contribution is 1.92. The van der Waals surface area contributed by atoms with Gasteiger partial charge in [-0.05, 0) is 19.2 Å². The molecule has 0 heterocycles. The monoisotopic (exact) mass is 222 g/mol. The van der Waals surface area contributed by atoms with Gasteiger partial charge < -0.3 is 10.2 Å². The number of hydrogen-bond donors (Lipinski definition) is 2. The Morgan fingerprint density at radius 2 is 2.08 bits per heavy atom. The molecule has 0 saturated carbocycles. The van der Waals surface area contributed by atoms with Crippen molar-refractivity contribution >= 4 is 24.4 Å². The van der Waals surface area contributed by atoms with Gasteiger partial charge in [-0.15, -0.1) is 11.8 Å². The van der Waals surface area contributed by atoms with Crippen LogP contribution in [0.15, 0.2) is 0 Å². The van der Waals surface area contributed by atoms with E-state index < -0.39 is 0 Å². The minimum atomic E-state index is 0.961. The highest BCUT2D eigenvalue weighted by molar-refractivity contribution is 7.98. The molecule has 0 atom stereocenters. The van der Waals surface area contributed by atoms with Gasteiger partial charge in [0.05, 0.1) is 0 Å². The lowest BCUT2D eigenvalue weighted by Crippen LogP contribution is -2.34. The number of thioether (sulfide) groups is 1. The molecule has 0 bridgehead atoms. The summed E-state index contributed by atoms with van der Waals surface area (Å²) in [5.41, 5.74) is 0. The van der Waals surface area contributed by atoms with Gasteiger partial charge in [0.1, 0.15) is 0 Å². The normalized spacial score (nSPS) is 11.1. The Morgan fingerprint density at radius 3 is 2.62 bits per heavy atom. The summed E-state index contributed by atoms with van der Waals surface area (Å²) in [4.78, 5) is 2.46. The maximum atomic E-state index is 4.25. The SMILES string of the molecule is CCCN(CCS)CCNCSC. The van der Waals surface area contributed by atoms with E-state index in [1.807, 2.05) is 11.8 Å². The van der Waals surface area contributed by atoms with Crippen molar-refractivity contribution in [2.45, 2.75) is 13.3 Å². The molecule has 80 valence electrons. The van der Waals surface area contributed by atoms with Crippen LogP contribution in [-0.2, 0) is 0 Å². The molecule has 0 radical (unpaired) electrons. The molecule has 0 aliphatic rings. The molecule has 0 aromatic heterocycles. The zero-order valence-electron chi connectivity index (χ0n) is 8.75. The molecular formula is C9H22N2S2. The molecular weight excluding hydrogens is 200 g/mol. The highest BCUT2D eigenvalue weighted by atomic mass is 32.2. The summed E-state index contributed by atoms with van der Waals surface area (Å²) in [6.45, 7) is 6.77. The van der Waals surface area contributed by atoms with Crippen molar-refractivity contribution in [3.05, 3.63) is 0 Å². The molecule has 0 amide bonds. The zero-order chi connectivity index (χ0) is 9.94. The van der Waals surface area contributed by atoms with Gasteiger partial charge in [0.25, 0.3) is 0 Å². The Hall–Kier alpha value is 0.620. The summed E-state index contributed by atoms with van der Waals surface area (Å²) in [5.74, 6) is 2.02. The molecule has 1 N–H and O–H groups in total. The average Bonchev–Trinajstić information content (AvgIpc) is 2.13. The van der Waals surface area contributed by atoms with Crippen LogP contribution in [-0.4, -0.2) is 49.0 Å². The highest BCUT2D eigenvalue weighted by Gasteiger charge is 2.00. The van der Waals surface area contributed by atoms with Crippen LogP contribution in [0.2, 0.25) is 0 Å². The predicted molar refractivity (Wildman–Crippen MR) is 67.0 cm³/mol. The molecule has 0 aromatic carbocycles. The second kappa shape index (κ2) is 10.7. The molecule has 0 spiro atoms. The van der Waals surface area contributed by atoms with Crippen LogP contribution in [0.3, 0.4) is 0 Å². The first-order valence-electron chi connectivity index (χ1n) is 4.88. The van der Waals surface area contributed by atoms with Gasteiger partial charge in [0, 0.05) is 31.3 Å². The number of rotatable bonds is 9. The van der Waals surface area contributed by atoms with Gasteiger partial charge >= 0.3 is 0 Å². The maximum absolute atomic E-state index is 4.25. The largest absolute Gasteiger partial charge is 0.307 e. The third kappa shape index (κ3) is 8.94. The van der Waals surface area contributed by atoms with Crippen molar-refractivity contribution in [3.8, 4) is 0 Å². The topological polar surface area (TPSA) is 15.3 Å². The molecule has 0 aliphatic carbocycles. The molecule has 0 saturated heterocycles. The minimum Gasteiger partial charge on any atom is -0.307 e. The zero-order valence-corrected chi connectivity index (χ0v) is 10.5. The van der Waals surface area contributed by atoms with E-state index in [4.69, 9.17) is 0 Å². The lowest BCUT2D eigenvalue weighted by molar-refractivity contribution is 0.292. The van der Waals surface area contributed by atoms with E-state index in [1.54, 1.807) is 0 Å². The Bertz CT molecular complexity index is 95.6. The van der Waals surface area contributed by atoms with Crippen LogP contribution in [0.5, 0.6) is 0 Å². The third-order valence-electron chi connectivity index (χ3n) is 1.81. The fraction of sp³-hybridized carbons (Fsp3) is 1.00. The molecule has 0 fully saturated rings. The fourth-order valence-electron chi connectivity index (χ4n) is 1.20. The van der Waals surface area contributed by atoms with Crippen LogP contribution in [0.1, 0.15) is 13.3 Å². The Morgan fingerprint density at radius 1 is 1.31 bits per heavy atom. The van der Waals surface area contributed by atoms with Crippen molar-refractivity contribution in [1.29, 1.82) is 0 Å². The lowest BCUT2D eigenvalue weighted by atomic mass is 10.4. The Labute approximate surface area is 92.2 Å². The van der Waals surface area contributed by atoms with E-state index in [9.17, 15) is 0 Å². The van der Waals surface area contributed by atoms with E-state index in [-0.39, 0.29) is 0 Å². The molecule has 0 rings (SSSR count). The van der Waals surface area contributed by atoms with Gasteiger partial charge in [-0.2, -0.15) is 12.6 Å². The van der Waals surface area contributed by atoms with Gasteiger partial charge in [0.2, 0.25) is 0 Å². The van der Waals surface area contributed by atoms with Crippen LogP contribution >= 0.6 is 24.4 Å². The van der Waals surface area contributed by atoms with Crippen molar-refractivity contribution in [2.75, 3.05) is 44.1 Å². The summed E-state index contributed by atoms with van der Waals surface area (Å²) in [5, 5.41) is 3.38. The molecule has 13 heavy (non-hydrogen) atoms. The molecule has 0 unspecified atom stereocenters. The fourth-order valence-corrected chi connectivity index (χ4v) is 1.84. The second-order valence-electron chi connectivity index (χ2n) is 3.00. The molecule has 4 heteroatoms. The third-order valence-corrected chi connectivity index (χ3v) is 2.50. The smallest absolute Gasteiger partial charge is 0.0415 e. The van der Waals surface area contributed by atoms with Gasteiger partial charge in [-0.1, -0.05) is 6.92 Å². The summed E-state index contributed by atoms with van der Waals surface area (Å²) < 4.78 is 0. The van der Waals surface area contributed by atoms with Gasteiger partial charge in [-0.25, -0.2) is 0 Å². The van der Waals surface area contributed by atoms with Crippen molar-refractivity contribution in [2.24, 2.45) is 0 Å². The molecule has 0 aliphatic heterocycles. The summed E-state index contributed by atoms with van der Waals surface area (Å²) in [6, 6.07) is 0. The van der Waals surface area contributed by atoms with E-state index in [1.165, 1.54) is 13.0 Å². The van der Waals surface area contributed by atoms with Crippen LogP contribution < -0.4 is 5.32 Å². The minimum absolute atomic E-state index is 0.961. The van der Waals surface area contributed by atoms with Crippen molar-refractivity contribution in [3.63, 3.8) is 0 Å². The average molecular weight is 222 g/mol. The summed E-state index contributed by atoms with van der Waals surface area (Å²) >= 11 is 6.09. The van der Waals surface area contributed by atoms with Crippen molar-refractivity contribution < 1.29 is 0 Å². The first kappa shape index (κ1) is 13.6. The van der Waals surface area contributed by atoms with E-state index >= 15 is 0 Å². The number of nitrogens with zero attached hydrogens (tertiary/aromatic N) is 1. The first-order valence-corrected chi connectivity index (χ1v) is 6.90. The lowest BCUT2D eigenvalue weighted by Gasteiger charge is -2.20. The Kier molecular flexibility index (Phi) is 11.2. The summed E-state index contributed by atoms with van der Waals surface area (Å²) in [7, 11) is 0. The van der Waals surface area contributed by atoms with Crippen LogP contribution in [0, 0.1) is 0 Å². The maximum Gasteiger partial charge on any atom is 0.0415 e. The number of thiol groups is 1. The molecule has 0 aromatic rings. The summed E-state index contributed by atoms with van der Waals surface area (Å²) in [6.07, 6.45) is 3.35. The first-order chi connectivity index (χ1) is 6.35. The number of nitrogens with one attached hydrogen (secondary N) is 1. The quantitative estimate of drug-likeness (QED) is 0.350. The van der Waals surface area contributed by atoms with Crippen LogP contribution in [0.4, 0.5) is 0 Å². The van der Waals surface area contributed by atoms with E-state index in [0.717, 1.165) is 31.3 Å². The second-order valence-corrected chi connectivity index (χ2v) is 4.31. The predicted octanol–water partition coefficient (Wildman–Crippen LogP) is 1.54. The molecule has 2 nitrogen and oxygen atoms in total. The van der Waals surface area contributed by atoms with E-state index in [0.29, 0.717) is 0 Å².